The number of amides is 1. The van der Waals surface area contributed by atoms with E-state index in [1.165, 1.54) is 42.2 Å². The van der Waals surface area contributed by atoms with Gasteiger partial charge in [0.2, 0.25) is 0 Å². The van der Waals surface area contributed by atoms with Crippen LogP contribution in [0.4, 0.5) is 14.5 Å². The Balaban J connectivity index is 1.75. The fourth-order valence-electron chi connectivity index (χ4n) is 3.03. The lowest BCUT2D eigenvalue weighted by Crippen LogP contribution is -2.12. The Morgan fingerprint density at radius 3 is 2.88 bits per heavy atom. The van der Waals surface area contributed by atoms with Crippen molar-refractivity contribution < 1.29 is 26.7 Å². The molecule has 13 heteroatoms. The van der Waals surface area contributed by atoms with Crippen LogP contribution in [0.1, 0.15) is 17.3 Å². The van der Waals surface area contributed by atoms with Crippen molar-refractivity contribution in [2.45, 2.75) is 18.4 Å². The Kier molecular flexibility index (Phi) is 5.57. The first kappa shape index (κ1) is 21.4. The number of nitrogens with zero attached hydrogens (tertiary/aromatic N) is 4. The third-order valence-electron chi connectivity index (χ3n) is 4.59. The average molecular weight is 462 g/mol. The summed E-state index contributed by atoms with van der Waals surface area (Å²) in [4.78, 5) is 16.8. The normalized spacial score (nSPS) is 11.8. The minimum atomic E-state index is -3.64. The number of fused-ring (bicyclic) bond motifs is 1. The van der Waals surface area contributed by atoms with Crippen molar-refractivity contribution in [3.63, 3.8) is 0 Å². The maximum atomic E-state index is 12.9. The molecule has 0 aliphatic rings. The number of benzene rings is 1. The van der Waals surface area contributed by atoms with Crippen molar-refractivity contribution in [1.82, 2.24) is 24.8 Å². The maximum absolute atomic E-state index is 12.9. The van der Waals surface area contributed by atoms with Gasteiger partial charge >= 0.3 is 6.61 Å². The van der Waals surface area contributed by atoms with Gasteiger partial charge in [0.15, 0.2) is 15.5 Å². The van der Waals surface area contributed by atoms with E-state index in [2.05, 4.69) is 30.3 Å². The van der Waals surface area contributed by atoms with Gasteiger partial charge in [-0.05, 0) is 24.3 Å². The highest BCUT2D eigenvalue weighted by atomic mass is 32.2. The van der Waals surface area contributed by atoms with Crippen LogP contribution >= 0.6 is 0 Å². The molecule has 10 nitrogen and oxygen atoms in total. The molecular weight excluding hydrogens is 446 g/mol. The van der Waals surface area contributed by atoms with Crippen molar-refractivity contribution >= 4 is 27.1 Å². The average Bonchev–Trinajstić information content (AvgIpc) is 3.40. The van der Waals surface area contributed by atoms with Gasteiger partial charge in [-0.3, -0.25) is 9.89 Å². The summed E-state index contributed by atoms with van der Waals surface area (Å²) >= 11 is 0. The van der Waals surface area contributed by atoms with E-state index < -0.39 is 22.4 Å². The fraction of sp³-hybridized carbons (Fsp3) is 0.158. The zero-order valence-corrected chi connectivity index (χ0v) is 17.3. The molecule has 0 bridgehead atoms. The number of aromatic nitrogens is 5. The first-order chi connectivity index (χ1) is 15.3. The number of aromatic amines is 1. The van der Waals surface area contributed by atoms with Crippen LogP contribution in [0.5, 0.6) is 5.75 Å². The number of anilines is 1. The number of ether oxygens (including phenoxy) is 1. The van der Waals surface area contributed by atoms with Crippen LogP contribution in [-0.2, 0) is 9.84 Å². The number of halogens is 2. The third kappa shape index (κ3) is 4.01. The summed E-state index contributed by atoms with van der Waals surface area (Å²) in [6, 6.07) is 5.15. The van der Waals surface area contributed by atoms with E-state index in [9.17, 15) is 22.0 Å². The SMILES string of the molecule is CCS(=O)(=O)c1ccc(OC(F)F)c(-c2[nH]ncc2NC(=O)c2cnn3cccnc23)c1. The highest BCUT2D eigenvalue weighted by molar-refractivity contribution is 7.91. The van der Waals surface area contributed by atoms with Crippen molar-refractivity contribution in [2.24, 2.45) is 0 Å². The van der Waals surface area contributed by atoms with Crippen LogP contribution < -0.4 is 10.1 Å². The molecule has 4 aromatic rings. The number of alkyl halides is 2. The zero-order valence-electron chi connectivity index (χ0n) is 16.5. The molecule has 4 rings (SSSR count). The van der Waals surface area contributed by atoms with E-state index in [4.69, 9.17) is 0 Å². The van der Waals surface area contributed by atoms with Crippen molar-refractivity contribution in [3.05, 3.63) is 54.6 Å². The maximum Gasteiger partial charge on any atom is 0.387 e. The molecule has 1 amide bonds. The number of rotatable bonds is 7. The summed E-state index contributed by atoms with van der Waals surface area (Å²) in [5.74, 6) is -1.04. The minimum absolute atomic E-state index is 0.00869. The smallest absolute Gasteiger partial charge is 0.387 e. The largest absolute Gasteiger partial charge is 0.434 e. The Morgan fingerprint density at radius 2 is 2.12 bits per heavy atom. The molecule has 3 heterocycles. The van der Waals surface area contributed by atoms with Gasteiger partial charge in [-0.2, -0.15) is 19.0 Å². The summed E-state index contributed by atoms with van der Waals surface area (Å²) in [5, 5.41) is 13.1. The molecule has 1 aromatic carbocycles. The van der Waals surface area contributed by atoms with E-state index in [1.54, 1.807) is 12.3 Å². The molecule has 166 valence electrons. The molecule has 0 spiro atoms. The van der Waals surface area contributed by atoms with Gasteiger partial charge in [0.05, 0.1) is 34.4 Å². The van der Waals surface area contributed by atoms with Crippen LogP contribution in [-0.4, -0.2) is 51.5 Å². The second-order valence-corrected chi connectivity index (χ2v) is 8.78. The van der Waals surface area contributed by atoms with Crippen LogP contribution in [0, 0.1) is 0 Å². The third-order valence-corrected chi connectivity index (χ3v) is 6.32. The van der Waals surface area contributed by atoms with Crippen molar-refractivity contribution in [1.29, 1.82) is 0 Å². The lowest BCUT2D eigenvalue weighted by atomic mass is 10.1. The molecule has 0 saturated carbocycles. The van der Waals surface area contributed by atoms with Crippen molar-refractivity contribution in [3.8, 4) is 17.0 Å². The minimum Gasteiger partial charge on any atom is -0.434 e. The summed E-state index contributed by atoms with van der Waals surface area (Å²) in [7, 11) is -3.64. The molecule has 32 heavy (non-hydrogen) atoms. The van der Waals surface area contributed by atoms with Crippen molar-refractivity contribution in [2.75, 3.05) is 11.1 Å². The Hall–Kier alpha value is -3.87. The van der Waals surface area contributed by atoms with Gasteiger partial charge in [0.1, 0.15) is 11.3 Å². The first-order valence-corrected chi connectivity index (χ1v) is 10.9. The highest BCUT2D eigenvalue weighted by Crippen LogP contribution is 2.36. The molecule has 0 aliphatic heterocycles. The van der Waals surface area contributed by atoms with Crippen LogP contribution in [0.25, 0.3) is 16.9 Å². The summed E-state index contributed by atoms with van der Waals surface area (Å²) < 4.78 is 56.4. The van der Waals surface area contributed by atoms with Gasteiger partial charge in [-0.1, -0.05) is 6.92 Å². The van der Waals surface area contributed by atoms with E-state index in [-0.39, 0.29) is 38.9 Å². The van der Waals surface area contributed by atoms with E-state index >= 15 is 0 Å². The topological polar surface area (TPSA) is 131 Å². The first-order valence-electron chi connectivity index (χ1n) is 9.25. The van der Waals surface area contributed by atoms with Crippen LogP contribution in [0.15, 0.2) is 53.9 Å². The second kappa shape index (κ2) is 8.34. The van der Waals surface area contributed by atoms with Gasteiger partial charge < -0.3 is 10.1 Å². The Labute approximate surface area is 180 Å². The second-order valence-electron chi connectivity index (χ2n) is 6.50. The van der Waals surface area contributed by atoms with Gasteiger partial charge in [-0.15, -0.1) is 0 Å². The number of sulfone groups is 1. The zero-order chi connectivity index (χ0) is 22.9. The van der Waals surface area contributed by atoms with Crippen LogP contribution in [0.2, 0.25) is 0 Å². The standard InChI is InChI=1S/C19H16F2N6O4S/c1-2-32(29,30)11-4-5-15(31-19(20)21)12(8-11)16-14(10-23-26-16)25-18(28)13-9-24-27-7-3-6-22-17(13)27/h3-10,19H,2H2,1H3,(H,23,26)(H,25,28). The molecule has 0 saturated heterocycles. The van der Waals surface area contributed by atoms with Gasteiger partial charge in [-0.25, -0.2) is 17.9 Å². The van der Waals surface area contributed by atoms with Gasteiger partial charge in [0.25, 0.3) is 5.91 Å². The lowest BCUT2D eigenvalue weighted by molar-refractivity contribution is -0.0494. The highest BCUT2D eigenvalue weighted by Gasteiger charge is 2.22. The van der Waals surface area contributed by atoms with Crippen LogP contribution in [0.3, 0.4) is 0 Å². The predicted octanol–water partition coefficient (Wildman–Crippen LogP) is 2.77. The molecule has 3 aromatic heterocycles. The summed E-state index contributed by atoms with van der Waals surface area (Å²) in [5.41, 5.74) is 0.685. The summed E-state index contributed by atoms with van der Waals surface area (Å²) in [6.45, 7) is -1.68. The van der Waals surface area contributed by atoms with Gasteiger partial charge in [0, 0.05) is 18.0 Å². The number of carbonyl (C=O) groups is 1. The number of H-pyrrole nitrogens is 1. The van der Waals surface area contributed by atoms with E-state index in [0.29, 0.717) is 5.65 Å². The fourth-order valence-corrected chi connectivity index (χ4v) is 3.93. The number of nitrogens with one attached hydrogen (secondary N) is 2. The summed E-state index contributed by atoms with van der Waals surface area (Å²) in [6.07, 6.45) is 5.72. The number of carbonyl (C=O) groups excluding carboxylic acids is 1. The Bertz CT molecular complexity index is 1400. The molecule has 0 radical (unpaired) electrons. The molecule has 0 aliphatic carbocycles. The lowest BCUT2D eigenvalue weighted by Gasteiger charge is -2.13. The predicted molar refractivity (Wildman–Crippen MR) is 109 cm³/mol. The molecule has 2 N–H and O–H groups in total. The van der Waals surface area contributed by atoms with E-state index in [1.807, 2.05) is 0 Å². The monoisotopic (exact) mass is 462 g/mol. The molecule has 0 unspecified atom stereocenters. The number of hydrogen-bond donors (Lipinski definition) is 2. The van der Waals surface area contributed by atoms with E-state index in [0.717, 1.165) is 6.07 Å². The quantitative estimate of drug-likeness (QED) is 0.432. The Morgan fingerprint density at radius 1 is 1.31 bits per heavy atom. The number of hydrogen-bond acceptors (Lipinski definition) is 7. The molecule has 0 atom stereocenters. The molecule has 0 fully saturated rings. The molecular formula is C19H16F2N6O4S.